The molecule has 2 aromatic heterocycles. The van der Waals surface area contributed by atoms with E-state index in [0.717, 1.165) is 37.9 Å². The highest BCUT2D eigenvalue weighted by molar-refractivity contribution is 8.00. The van der Waals surface area contributed by atoms with Crippen LogP contribution in [0.5, 0.6) is 0 Å². The van der Waals surface area contributed by atoms with Gasteiger partial charge in [-0.3, -0.25) is 28.3 Å². The number of anilines is 1. The number of carbonyl (C=O) groups is 3. The lowest BCUT2D eigenvalue weighted by Gasteiger charge is -2.20. The molecule has 0 radical (unpaired) electrons. The molecule has 0 aromatic carbocycles. The van der Waals surface area contributed by atoms with Crippen molar-refractivity contribution >= 4 is 69.0 Å². The fourth-order valence-electron chi connectivity index (χ4n) is 6.94. The Labute approximate surface area is 336 Å². The number of H-pyrrole nitrogens is 1. The Bertz CT molecular complexity index is 2100. The molecule has 0 spiro atoms. The minimum Gasteiger partial charge on any atom is -0.390 e. The molecule has 322 valence electrons. The average molecular weight is 895 g/mol. The lowest BCUT2D eigenvalue weighted by atomic mass is 10.0. The van der Waals surface area contributed by atoms with E-state index in [-0.39, 0.29) is 66.2 Å². The molecular formula is C32H49N8O14P3S. The molecule has 3 aliphatic rings. The number of aliphatic hydroxyl groups excluding tert-OH is 1. The van der Waals surface area contributed by atoms with E-state index in [1.165, 1.54) is 10.8 Å². The molecule has 3 aliphatic heterocycles. The fourth-order valence-corrected chi connectivity index (χ4v) is 14.9. The standard InChI is InChI=1S/C32H49N8O14P3S/c33-29-27-19(7-6-12-35-24(42)9-2-1-5-11-34-25(43)10-4-3-8-23-28-20(16-58-23)36-31(44)37-28)14-40(30(27)39-32(45)38-29)26-13-21(41)22(54-26)15-53-57(51,52)18-55(46,47)17-56(48,49)50/h14,20-23,26,28,41H,1-5,8-13,15-18H2,(H,34,43)(H,35,42)(H,46,47)(H,51,52)(H2,36,37,44)(H2,48,49,50)(H3,33,38,39,45)/t20-,21-,22+,23-,26+,28-/m0/s1. The normalized spacial score (nSPS) is 24.9. The van der Waals surface area contributed by atoms with Crippen LogP contribution >= 0.6 is 34.3 Å². The molecule has 12 N–H and O–H groups in total. The highest BCUT2D eigenvalue weighted by Gasteiger charge is 2.43. The summed E-state index contributed by atoms with van der Waals surface area (Å²) in [5, 5.41) is 22.8. The van der Waals surface area contributed by atoms with Gasteiger partial charge in [0.1, 0.15) is 30.0 Å². The molecule has 3 saturated heterocycles. The van der Waals surface area contributed by atoms with Crippen LogP contribution in [-0.2, 0) is 32.5 Å². The third-order valence-corrected chi connectivity index (χ3v) is 18.1. The van der Waals surface area contributed by atoms with Crippen LogP contribution in [0, 0.1) is 11.8 Å². The first-order valence-corrected chi connectivity index (χ1v) is 25.2. The van der Waals surface area contributed by atoms with Crippen molar-refractivity contribution in [1.29, 1.82) is 0 Å². The number of amides is 4. The molecule has 0 bridgehead atoms. The van der Waals surface area contributed by atoms with Gasteiger partial charge in [-0.2, -0.15) is 16.7 Å². The van der Waals surface area contributed by atoms with Gasteiger partial charge in [-0.15, -0.1) is 0 Å². The number of ether oxygens (including phenoxy) is 1. The predicted molar refractivity (Wildman–Crippen MR) is 212 cm³/mol. The lowest BCUT2D eigenvalue weighted by Crippen LogP contribution is -2.36. The lowest BCUT2D eigenvalue weighted by molar-refractivity contribution is -0.122. The summed E-state index contributed by atoms with van der Waals surface area (Å²) in [5.41, 5.74) is 5.65. The summed E-state index contributed by atoms with van der Waals surface area (Å²) in [6.07, 6.45) is 3.24. The van der Waals surface area contributed by atoms with E-state index in [2.05, 4.69) is 43.1 Å². The Balaban J connectivity index is 1.02. The summed E-state index contributed by atoms with van der Waals surface area (Å²) < 4.78 is 47.7. The predicted octanol–water partition coefficient (Wildman–Crippen LogP) is 0.390. The van der Waals surface area contributed by atoms with Crippen LogP contribution in [0.1, 0.15) is 69.6 Å². The van der Waals surface area contributed by atoms with Gasteiger partial charge < -0.3 is 65.5 Å². The number of hydrogen-bond acceptors (Lipinski definition) is 13. The van der Waals surface area contributed by atoms with E-state index < -0.39 is 65.1 Å². The first kappa shape index (κ1) is 45.8. The van der Waals surface area contributed by atoms with Crippen molar-refractivity contribution < 1.29 is 62.0 Å². The molecular weight excluding hydrogens is 845 g/mol. The molecule has 8 atom stereocenters. The monoisotopic (exact) mass is 894 g/mol. The van der Waals surface area contributed by atoms with Crippen LogP contribution < -0.4 is 32.7 Å². The fraction of sp³-hybridized carbons (Fsp3) is 0.656. The maximum Gasteiger partial charge on any atom is 0.348 e. The van der Waals surface area contributed by atoms with Crippen LogP contribution in [0.3, 0.4) is 0 Å². The summed E-state index contributed by atoms with van der Waals surface area (Å²) in [4.78, 5) is 92.5. The van der Waals surface area contributed by atoms with Crippen LogP contribution in [0.2, 0.25) is 0 Å². The molecule has 2 unspecified atom stereocenters. The maximum atomic E-state index is 12.4. The third kappa shape index (κ3) is 13.4. The second kappa shape index (κ2) is 19.9. The molecule has 0 aliphatic carbocycles. The summed E-state index contributed by atoms with van der Waals surface area (Å²) in [7, 11) is -14.6. The number of hydrogen-bond donors (Lipinski definition) is 11. The molecule has 22 nitrogen and oxygen atoms in total. The third-order valence-electron chi connectivity index (χ3n) is 9.56. The maximum absolute atomic E-state index is 12.4. The van der Waals surface area contributed by atoms with Crippen LogP contribution in [0.25, 0.3) is 11.0 Å². The van der Waals surface area contributed by atoms with Gasteiger partial charge >= 0.3 is 26.9 Å². The number of carbonyl (C=O) groups excluding carboxylic acids is 3. The number of aromatic nitrogens is 3. The van der Waals surface area contributed by atoms with Crippen molar-refractivity contribution in [2.45, 2.75) is 93.6 Å². The summed E-state index contributed by atoms with van der Waals surface area (Å²) in [6.45, 7) is -0.228. The number of aliphatic hydroxyl groups is 1. The minimum atomic E-state index is -4.97. The molecule has 5 heterocycles. The van der Waals surface area contributed by atoms with Gasteiger partial charge in [0.15, 0.2) is 5.65 Å². The number of urea groups is 1. The van der Waals surface area contributed by atoms with Crippen LogP contribution in [-0.4, -0.2) is 124 Å². The number of rotatable bonds is 20. The molecule has 3 fully saturated rings. The number of thioether (sulfide) groups is 1. The van der Waals surface area contributed by atoms with E-state index in [0.29, 0.717) is 30.2 Å². The number of nitrogen functional groups attached to an aromatic ring is 1. The number of nitrogens with one attached hydrogen (secondary N) is 5. The van der Waals surface area contributed by atoms with Crippen molar-refractivity contribution in [3.8, 4) is 11.8 Å². The van der Waals surface area contributed by atoms with E-state index in [4.69, 9.17) is 24.8 Å². The van der Waals surface area contributed by atoms with E-state index >= 15 is 0 Å². The summed E-state index contributed by atoms with van der Waals surface area (Å²) in [6, 6.07) is 0.251. The van der Waals surface area contributed by atoms with Crippen molar-refractivity contribution in [2.75, 3.05) is 43.0 Å². The molecule has 2 aromatic rings. The zero-order valence-corrected chi connectivity index (χ0v) is 34.8. The number of fused-ring (bicyclic) bond motifs is 2. The highest BCUT2D eigenvalue weighted by Crippen LogP contribution is 2.63. The molecule has 0 saturated carbocycles. The topological polar surface area (TPSA) is 347 Å². The second-order valence-electron chi connectivity index (χ2n) is 14.4. The van der Waals surface area contributed by atoms with Gasteiger partial charge in [-0.1, -0.05) is 24.7 Å². The Morgan fingerprint density at radius 3 is 2.50 bits per heavy atom. The summed E-state index contributed by atoms with van der Waals surface area (Å²) >= 11 is 1.86. The van der Waals surface area contributed by atoms with Gasteiger partial charge in [-0.25, -0.2) is 9.59 Å². The Morgan fingerprint density at radius 1 is 1.03 bits per heavy atom. The molecule has 26 heteroatoms. The molecule has 58 heavy (non-hydrogen) atoms. The quantitative estimate of drug-likeness (QED) is 0.0371. The first-order chi connectivity index (χ1) is 27.3. The average Bonchev–Trinajstić information content (AvgIpc) is 3.86. The van der Waals surface area contributed by atoms with E-state index in [1.807, 2.05) is 11.8 Å². The number of nitrogens with two attached hydrogens (primary N) is 1. The Morgan fingerprint density at radius 2 is 1.76 bits per heavy atom. The first-order valence-electron chi connectivity index (χ1n) is 18.6. The number of aromatic amines is 1. The molecule has 5 rings (SSSR count). The highest BCUT2D eigenvalue weighted by atomic mass is 32.2. The number of unbranched alkanes of at least 4 members (excludes halogenated alkanes) is 3. The van der Waals surface area contributed by atoms with Crippen molar-refractivity contribution in [2.24, 2.45) is 0 Å². The van der Waals surface area contributed by atoms with E-state index in [1.54, 1.807) is 0 Å². The van der Waals surface area contributed by atoms with Crippen molar-refractivity contribution in [1.82, 2.24) is 35.8 Å². The van der Waals surface area contributed by atoms with Gasteiger partial charge in [0, 0.05) is 43.0 Å². The minimum absolute atomic E-state index is 0.00503. The van der Waals surface area contributed by atoms with E-state index in [9.17, 15) is 47.8 Å². The Hall–Kier alpha value is -3.25. The Kier molecular flexibility index (Phi) is 15.7. The zero-order chi connectivity index (χ0) is 42.3. The second-order valence-corrected chi connectivity index (χ2v) is 22.5. The summed E-state index contributed by atoms with van der Waals surface area (Å²) in [5.74, 6) is 3.40. The van der Waals surface area contributed by atoms with Crippen molar-refractivity contribution in [3.05, 3.63) is 22.2 Å². The van der Waals surface area contributed by atoms with Gasteiger partial charge in [0.05, 0.1) is 42.3 Å². The zero-order valence-electron chi connectivity index (χ0n) is 31.3. The van der Waals surface area contributed by atoms with Crippen molar-refractivity contribution in [3.63, 3.8) is 0 Å². The van der Waals surface area contributed by atoms with Gasteiger partial charge in [0.2, 0.25) is 19.2 Å². The number of nitrogens with zero attached hydrogens (tertiary/aromatic N) is 2. The van der Waals surface area contributed by atoms with Crippen LogP contribution in [0.15, 0.2) is 11.0 Å². The van der Waals surface area contributed by atoms with Gasteiger partial charge in [0.25, 0.3) is 0 Å². The van der Waals surface area contributed by atoms with Gasteiger partial charge in [-0.05, 0) is 25.7 Å². The largest absolute Gasteiger partial charge is 0.390 e. The SMILES string of the molecule is Nc1[nH]c(=O)nc2c1c(C#CCNC(=O)CCCCCNC(=O)CCCC[C@@H]1SC[C@@H]3NC(=O)N[C@@H]31)cn2[C@H]1C[C@H](O)[C@@H](COP(=O)(O)CP(=O)(O)CP(=O)(O)O)O1. The molecule has 4 amide bonds. The van der Waals surface area contributed by atoms with Crippen LogP contribution in [0.4, 0.5) is 10.6 Å². The smallest absolute Gasteiger partial charge is 0.348 e.